The molecule has 0 fully saturated rings. The molecule has 0 aliphatic rings. The number of rotatable bonds is 8. The SMILES string of the molecule is CCN(Cc1ccc(C(=O)Nc2cccc(NC(=O)c3ccncc3)c2)cc1)C(C)C. The number of aromatic nitrogens is 1. The number of carbonyl (C=O) groups is 2. The van der Waals surface area contributed by atoms with Gasteiger partial charge in [0.15, 0.2) is 0 Å². The summed E-state index contributed by atoms with van der Waals surface area (Å²) in [5.74, 6) is -0.427. The van der Waals surface area contributed by atoms with Crippen molar-refractivity contribution < 1.29 is 9.59 Å². The third-order valence-corrected chi connectivity index (χ3v) is 5.06. The zero-order valence-corrected chi connectivity index (χ0v) is 18.1. The van der Waals surface area contributed by atoms with E-state index in [0.717, 1.165) is 13.1 Å². The first-order chi connectivity index (χ1) is 15.0. The van der Waals surface area contributed by atoms with Crippen molar-refractivity contribution in [2.24, 2.45) is 0 Å². The summed E-state index contributed by atoms with van der Waals surface area (Å²) in [4.78, 5) is 31.2. The lowest BCUT2D eigenvalue weighted by molar-refractivity contribution is 0.101. The van der Waals surface area contributed by atoms with Crippen molar-refractivity contribution in [1.82, 2.24) is 9.88 Å². The number of nitrogens with one attached hydrogen (secondary N) is 2. The highest BCUT2D eigenvalue weighted by Crippen LogP contribution is 2.18. The zero-order chi connectivity index (χ0) is 22.2. The second-order valence-electron chi connectivity index (χ2n) is 7.58. The van der Waals surface area contributed by atoms with Crippen LogP contribution in [0.4, 0.5) is 11.4 Å². The van der Waals surface area contributed by atoms with E-state index in [-0.39, 0.29) is 11.8 Å². The number of carbonyl (C=O) groups excluding carboxylic acids is 2. The first-order valence-corrected chi connectivity index (χ1v) is 10.4. The number of anilines is 2. The van der Waals surface area contributed by atoms with Gasteiger partial charge < -0.3 is 10.6 Å². The third kappa shape index (κ3) is 6.23. The van der Waals surface area contributed by atoms with Crippen LogP contribution < -0.4 is 10.6 Å². The van der Waals surface area contributed by atoms with Crippen LogP contribution in [0, 0.1) is 0 Å². The maximum Gasteiger partial charge on any atom is 0.255 e. The van der Waals surface area contributed by atoms with Gasteiger partial charge in [-0.25, -0.2) is 0 Å². The van der Waals surface area contributed by atoms with Crippen LogP contribution in [-0.4, -0.2) is 34.3 Å². The fourth-order valence-corrected chi connectivity index (χ4v) is 3.24. The van der Waals surface area contributed by atoms with Gasteiger partial charge in [-0.1, -0.05) is 25.1 Å². The van der Waals surface area contributed by atoms with E-state index in [9.17, 15) is 9.59 Å². The molecule has 0 aliphatic carbocycles. The molecule has 0 saturated carbocycles. The maximum atomic E-state index is 12.7. The van der Waals surface area contributed by atoms with Crippen LogP contribution in [0.2, 0.25) is 0 Å². The molecule has 160 valence electrons. The van der Waals surface area contributed by atoms with Gasteiger partial charge in [-0.3, -0.25) is 19.5 Å². The van der Waals surface area contributed by atoms with Crippen LogP contribution in [-0.2, 0) is 6.54 Å². The average Bonchev–Trinajstić information content (AvgIpc) is 2.78. The monoisotopic (exact) mass is 416 g/mol. The number of benzene rings is 2. The summed E-state index contributed by atoms with van der Waals surface area (Å²) in [5.41, 5.74) is 3.49. The molecule has 3 aromatic rings. The molecule has 2 amide bonds. The summed E-state index contributed by atoms with van der Waals surface area (Å²) in [5, 5.41) is 5.72. The molecule has 2 aromatic carbocycles. The molecule has 6 heteroatoms. The van der Waals surface area contributed by atoms with Crippen molar-refractivity contribution in [3.05, 3.63) is 89.7 Å². The van der Waals surface area contributed by atoms with Crippen LogP contribution in [0.5, 0.6) is 0 Å². The van der Waals surface area contributed by atoms with E-state index >= 15 is 0 Å². The second-order valence-corrected chi connectivity index (χ2v) is 7.58. The quantitative estimate of drug-likeness (QED) is 0.552. The van der Waals surface area contributed by atoms with Crippen molar-refractivity contribution in [1.29, 1.82) is 0 Å². The molecule has 2 N–H and O–H groups in total. The van der Waals surface area contributed by atoms with Gasteiger partial charge in [-0.15, -0.1) is 0 Å². The van der Waals surface area contributed by atoms with Crippen LogP contribution in [0.15, 0.2) is 73.1 Å². The van der Waals surface area contributed by atoms with Crippen LogP contribution in [0.25, 0.3) is 0 Å². The van der Waals surface area contributed by atoms with Gasteiger partial charge in [0.1, 0.15) is 0 Å². The first kappa shape index (κ1) is 22.2. The molecule has 31 heavy (non-hydrogen) atoms. The minimum atomic E-state index is -0.232. The molecule has 3 rings (SSSR count). The Morgan fingerprint density at radius 2 is 1.42 bits per heavy atom. The average molecular weight is 417 g/mol. The fourth-order valence-electron chi connectivity index (χ4n) is 3.24. The van der Waals surface area contributed by atoms with Gasteiger partial charge in [-0.05, 0) is 68.4 Å². The fraction of sp³-hybridized carbons (Fsp3) is 0.240. The number of pyridine rings is 1. The van der Waals surface area contributed by atoms with Crippen LogP contribution in [0.3, 0.4) is 0 Å². The highest BCUT2D eigenvalue weighted by molar-refractivity contribution is 6.06. The topological polar surface area (TPSA) is 74.3 Å². The highest BCUT2D eigenvalue weighted by atomic mass is 16.2. The van der Waals surface area contributed by atoms with Gasteiger partial charge in [0, 0.05) is 47.5 Å². The van der Waals surface area contributed by atoms with E-state index in [1.165, 1.54) is 5.56 Å². The van der Waals surface area contributed by atoms with Crippen molar-refractivity contribution >= 4 is 23.2 Å². The molecule has 0 saturated heterocycles. The molecule has 0 aliphatic heterocycles. The third-order valence-electron chi connectivity index (χ3n) is 5.06. The number of amides is 2. The Bertz CT molecular complexity index is 1020. The van der Waals surface area contributed by atoms with Crippen molar-refractivity contribution in [3.8, 4) is 0 Å². The Morgan fingerprint density at radius 1 is 0.871 bits per heavy atom. The van der Waals surface area contributed by atoms with E-state index < -0.39 is 0 Å². The van der Waals surface area contributed by atoms with Gasteiger partial charge in [0.2, 0.25) is 0 Å². The molecule has 0 bridgehead atoms. The molecular weight excluding hydrogens is 388 g/mol. The summed E-state index contributed by atoms with van der Waals surface area (Å²) in [6.45, 7) is 8.34. The lowest BCUT2D eigenvalue weighted by Gasteiger charge is -2.24. The Hall–Kier alpha value is -3.51. The molecule has 0 radical (unpaired) electrons. The molecular formula is C25H28N4O2. The Kier molecular flexibility index (Phi) is 7.51. The van der Waals surface area contributed by atoms with Gasteiger partial charge in [0.05, 0.1) is 0 Å². The smallest absolute Gasteiger partial charge is 0.255 e. The molecule has 1 heterocycles. The summed E-state index contributed by atoms with van der Waals surface area (Å²) in [7, 11) is 0. The number of hydrogen-bond acceptors (Lipinski definition) is 4. The Balaban J connectivity index is 1.63. The van der Waals surface area contributed by atoms with E-state index in [2.05, 4.69) is 41.3 Å². The summed E-state index contributed by atoms with van der Waals surface area (Å²) in [6, 6.07) is 18.5. The first-order valence-electron chi connectivity index (χ1n) is 10.4. The standard InChI is InChI=1S/C25H28N4O2/c1-4-29(18(2)3)17-19-8-10-20(11-9-19)24(30)27-22-6-5-7-23(16-22)28-25(31)21-12-14-26-15-13-21/h5-16,18H,4,17H2,1-3H3,(H,27,30)(H,28,31). The second kappa shape index (κ2) is 10.5. The van der Waals surface area contributed by atoms with Gasteiger partial charge in [-0.2, -0.15) is 0 Å². The largest absolute Gasteiger partial charge is 0.322 e. The van der Waals surface area contributed by atoms with Crippen molar-refractivity contribution in [2.45, 2.75) is 33.4 Å². The molecule has 1 aromatic heterocycles. The number of hydrogen-bond donors (Lipinski definition) is 2. The minimum Gasteiger partial charge on any atom is -0.322 e. The number of nitrogens with zero attached hydrogens (tertiary/aromatic N) is 2. The lowest BCUT2D eigenvalue weighted by Crippen LogP contribution is -2.29. The Morgan fingerprint density at radius 3 is 1.94 bits per heavy atom. The van der Waals surface area contributed by atoms with Crippen LogP contribution in [0.1, 0.15) is 47.1 Å². The van der Waals surface area contributed by atoms with E-state index in [4.69, 9.17) is 0 Å². The Labute approximate surface area is 183 Å². The minimum absolute atomic E-state index is 0.194. The summed E-state index contributed by atoms with van der Waals surface area (Å²) in [6.07, 6.45) is 3.14. The van der Waals surface area contributed by atoms with E-state index in [1.807, 2.05) is 24.3 Å². The van der Waals surface area contributed by atoms with Gasteiger partial charge in [0.25, 0.3) is 11.8 Å². The zero-order valence-electron chi connectivity index (χ0n) is 18.1. The molecule has 0 unspecified atom stereocenters. The van der Waals surface area contributed by atoms with Gasteiger partial charge >= 0.3 is 0 Å². The summed E-state index contributed by atoms with van der Waals surface area (Å²) < 4.78 is 0. The molecule has 0 atom stereocenters. The molecule has 0 spiro atoms. The summed E-state index contributed by atoms with van der Waals surface area (Å²) >= 11 is 0. The highest BCUT2D eigenvalue weighted by Gasteiger charge is 2.11. The normalized spacial score (nSPS) is 10.9. The lowest BCUT2D eigenvalue weighted by atomic mass is 10.1. The maximum absolute atomic E-state index is 12.7. The molecule has 6 nitrogen and oxygen atoms in total. The van der Waals surface area contributed by atoms with Crippen molar-refractivity contribution in [3.63, 3.8) is 0 Å². The van der Waals surface area contributed by atoms with E-state index in [1.54, 1.807) is 48.8 Å². The van der Waals surface area contributed by atoms with Crippen molar-refractivity contribution in [2.75, 3.05) is 17.2 Å². The van der Waals surface area contributed by atoms with E-state index in [0.29, 0.717) is 28.5 Å². The van der Waals surface area contributed by atoms with Crippen LogP contribution >= 0.6 is 0 Å². The predicted molar refractivity (Wildman–Crippen MR) is 124 cm³/mol. The predicted octanol–water partition coefficient (Wildman–Crippen LogP) is 4.82.